The van der Waals surface area contributed by atoms with Gasteiger partial charge < -0.3 is 9.64 Å². The molecule has 2 fully saturated rings. The van der Waals surface area contributed by atoms with E-state index in [1.54, 1.807) is 17.0 Å². The van der Waals surface area contributed by atoms with Crippen molar-refractivity contribution in [3.63, 3.8) is 0 Å². The van der Waals surface area contributed by atoms with Gasteiger partial charge in [0, 0.05) is 23.9 Å². The number of imide groups is 1. The van der Waals surface area contributed by atoms with Crippen molar-refractivity contribution in [2.24, 2.45) is 11.8 Å². The van der Waals surface area contributed by atoms with Gasteiger partial charge in [0.15, 0.2) is 5.78 Å². The lowest BCUT2D eigenvalue weighted by atomic mass is 9.86. The maximum absolute atomic E-state index is 13.8. The SMILES string of the molecule is COC(=O)c1ccccc1N1C(=O)[C@@H]2[C@@H](C1=O)[C@@H](C(=O)c1cccc([N+](=O)[O-])c1)N1C=CC(C#N)=C[C@H]21. The van der Waals surface area contributed by atoms with Crippen LogP contribution in [0.2, 0.25) is 0 Å². The number of fused-ring (bicyclic) bond motifs is 3. The van der Waals surface area contributed by atoms with E-state index in [1.165, 1.54) is 55.8 Å². The molecule has 0 N–H and O–H groups in total. The van der Waals surface area contributed by atoms with Crippen molar-refractivity contribution >= 4 is 34.9 Å². The van der Waals surface area contributed by atoms with Gasteiger partial charge in [-0.3, -0.25) is 24.5 Å². The van der Waals surface area contributed by atoms with E-state index in [1.807, 2.05) is 6.07 Å². The lowest BCUT2D eigenvalue weighted by Gasteiger charge is -2.32. The number of nitriles is 1. The number of benzene rings is 2. The number of Topliss-reactive ketones (excluding diaryl/α,β-unsaturated/α-hetero) is 1. The Labute approximate surface area is 210 Å². The fourth-order valence-electron chi connectivity index (χ4n) is 5.25. The van der Waals surface area contributed by atoms with E-state index in [0.717, 1.165) is 11.0 Å². The normalized spacial score (nSPS) is 23.7. The Balaban J connectivity index is 1.63. The Kier molecular flexibility index (Phi) is 5.64. The van der Waals surface area contributed by atoms with Crippen molar-refractivity contribution in [3.05, 3.63) is 93.7 Å². The predicted octanol–water partition coefficient (Wildman–Crippen LogP) is 2.40. The molecule has 0 aliphatic carbocycles. The number of esters is 1. The van der Waals surface area contributed by atoms with Crippen molar-refractivity contribution in [3.8, 4) is 6.07 Å². The van der Waals surface area contributed by atoms with E-state index >= 15 is 0 Å². The highest BCUT2D eigenvalue weighted by atomic mass is 16.6. The first-order chi connectivity index (χ1) is 17.8. The molecule has 184 valence electrons. The zero-order chi connectivity index (χ0) is 26.4. The molecular formula is C26H18N4O7. The number of allylic oxidation sites excluding steroid dienone is 2. The third-order valence-corrected chi connectivity index (χ3v) is 6.84. The summed E-state index contributed by atoms with van der Waals surface area (Å²) in [4.78, 5) is 66.8. The minimum atomic E-state index is -1.17. The molecule has 2 aromatic rings. The molecular weight excluding hydrogens is 480 g/mol. The number of anilines is 1. The molecule has 2 saturated heterocycles. The van der Waals surface area contributed by atoms with Crippen LogP contribution in [0.1, 0.15) is 20.7 Å². The third-order valence-electron chi connectivity index (χ3n) is 6.84. The third kappa shape index (κ3) is 3.58. The topological polar surface area (TPSA) is 151 Å². The van der Waals surface area contributed by atoms with Crippen LogP contribution in [0.15, 0.2) is 72.5 Å². The molecule has 0 spiro atoms. The Morgan fingerprint density at radius 3 is 2.51 bits per heavy atom. The number of amides is 2. The quantitative estimate of drug-likeness (QED) is 0.199. The van der Waals surface area contributed by atoms with Gasteiger partial charge in [0.2, 0.25) is 11.8 Å². The summed E-state index contributed by atoms with van der Waals surface area (Å²) in [5.74, 6) is -4.83. The number of para-hydroxylation sites is 1. The number of nitro benzene ring substituents is 1. The number of non-ortho nitro benzene ring substituents is 1. The summed E-state index contributed by atoms with van der Waals surface area (Å²) in [7, 11) is 1.18. The molecule has 11 heteroatoms. The van der Waals surface area contributed by atoms with E-state index in [0.29, 0.717) is 0 Å². The fourth-order valence-corrected chi connectivity index (χ4v) is 5.25. The van der Waals surface area contributed by atoms with Gasteiger partial charge in [-0.05, 0) is 24.3 Å². The van der Waals surface area contributed by atoms with Gasteiger partial charge in [0.25, 0.3) is 5.69 Å². The molecule has 11 nitrogen and oxygen atoms in total. The van der Waals surface area contributed by atoms with Crippen LogP contribution in [0, 0.1) is 33.3 Å². The lowest BCUT2D eigenvalue weighted by molar-refractivity contribution is -0.384. The number of nitro groups is 1. The molecule has 0 bridgehead atoms. The standard InChI is InChI=1S/C26H18N4O7/c1-37-26(34)17-7-2-3-8-18(17)29-24(32)20-19-11-14(13-27)9-10-28(19)22(21(20)25(29)33)23(31)15-5-4-6-16(12-15)30(35)36/h2-12,19-22H,1H3/t19-,20+,21-,22+/m1/s1. The van der Waals surface area contributed by atoms with Crippen LogP contribution < -0.4 is 4.90 Å². The second-order valence-electron chi connectivity index (χ2n) is 8.68. The van der Waals surface area contributed by atoms with Gasteiger partial charge in [-0.2, -0.15) is 5.26 Å². The van der Waals surface area contributed by atoms with Gasteiger partial charge >= 0.3 is 5.97 Å². The van der Waals surface area contributed by atoms with Crippen molar-refractivity contribution in [1.29, 1.82) is 5.26 Å². The number of nitrogens with zero attached hydrogens (tertiary/aromatic N) is 4. The van der Waals surface area contributed by atoms with Crippen LogP contribution in [0.25, 0.3) is 0 Å². The first-order valence-electron chi connectivity index (χ1n) is 11.2. The summed E-state index contributed by atoms with van der Waals surface area (Å²) in [5, 5.41) is 20.7. The first kappa shape index (κ1) is 23.6. The summed E-state index contributed by atoms with van der Waals surface area (Å²) >= 11 is 0. The monoisotopic (exact) mass is 498 g/mol. The van der Waals surface area contributed by atoms with Crippen LogP contribution >= 0.6 is 0 Å². The lowest BCUT2D eigenvalue weighted by Crippen LogP contribution is -2.46. The van der Waals surface area contributed by atoms with Crippen molar-refractivity contribution in [2.45, 2.75) is 12.1 Å². The molecule has 0 aromatic heterocycles. The Bertz CT molecular complexity index is 1490. The number of rotatable bonds is 5. The molecule has 0 saturated carbocycles. The highest BCUT2D eigenvalue weighted by Crippen LogP contribution is 2.47. The predicted molar refractivity (Wildman–Crippen MR) is 127 cm³/mol. The Morgan fingerprint density at radius 2 is 1.81 bits per heavy atom. The Morgan fingerprint density at radius 1 is 1.08 bits per heavy atom. The summed E-state index contributed by atoms with van der Waals surface area (Å²) in [6.07, 6.45) is 4.50. The summed E-state index contributed by atoms with van der Waals surface area (Å²) in [6, 6.07) is 11.2. The molecule has 3 heterocycles. The van der Waals surface area contributed by atoms with Crippen LogP contribution in [0.3, 0.4) is 0 Å². The minimum Gasteiger partial charge on any atom is -0.465 e. The molecule has 4 atom stereocenters. The van der Waals surface area contributed by atoms with Gasteiger partial charge in [-0.15, -0.1) is 0 Å². The smallest absolute Gasteiger partial charge is 0.339 e. The summed E-state index contributed by atoms with van der Waals surface area (Å²) in [6.45, 7) is 0. The second kappa shape index (κ2) is 8.83. The van der Waals surface area contributed by atoms with Crippen LogP contribution in [-0.4, -0.2) is 52.6 Å². The molecule has 5 rings (SSSR count). The highest BCUT2D eigenvalue weighted by Gasteiger charge is 2.63. The van der Waals surface area contributed by atoms with Gasteiger partial charge in [0.1, 0.15) is 6.04 Å². The summed E-state index contributed by atoms with van der Waals surface area (Å²) < 4.78 is 4.80. The molecule has 3 aliphatic rings. The van der Waals surface area contributed by atoms with E-state index < -0.39 is 52.4 Å². The number of carbonyl (C=O) groups is 4. The molecule has 37 heavy (non-hydrogen) atoms. The highest BCUT2D eigenvalue weighted by molar-refractivity contribution is 6.26. The minimum absolute atomic E-state index is 0.00175. The molecule has 0 radical (unpaired) electrons. The van der Waals surface area contributed by atoms with Gasteiger partial charge in [-0.1, -0.05) is 24.3 Å². The number of hydrogen-bond acceptors (Lipinski definition) is 9. The Hall–Kier alpha value is -5.11. The molecule has 2 aromatic carbocycles. The number of methoxy groups -OCH3 is 1. The fraction of sp³-hybridized carbons (Fsp3) is 0.192. The summed E-state index contributed by atoms with van der Waals surface area (Å²) in [5.41, 5.74) is 0.0117. The number of hydrogen-bond donors (Lipinski definition) is 0. The van der Waals surface area contributed by atoms with Crippen LogP contribution in [0.4, 0.5) is 11.4 Å². The largest absolute Gasteiger partial charge is 0.465 e. The van der Waals surface area contributed by atoms with Crippen molar-refractivity contribution in [2.75, 3.05) is 12.0 Å². The van der Waals surface area contributed by atoms with E-state index in [9.17, 15) is 34.6 Å². The maximum atomic E-state index is 13.8. The molecule has 0 unspecified atom stereocenters. The number of carbonyl (C=O) groups excluding carboxylic acids is 4. The average Bonchev–Trinajstić information content (AvgIpc) is 3.39. The number of ether oxygens (including phenoxy) is 1. The van der Waals surface area contributed by atoms with Gasteiger partial charge in [0.05, 0.1) is 52.8 Å². The van der Waals surface area contributed by atoms with E-state index in [-0.39, 0.29) is 28.1 Å². The molecule has 3 aliphatic heterocycles. The van der Waals surface area contributed by atoms with Crippen LogP contribution in [-0.2, 0) is 14.3 Å². The van der Waals surface area contributed by atoms with E-state index in [2.05, 4.69) is 0 Å². The molecule has 2 amide bonds. The van der Waals surface area contributed by atoms with Crippen molar-refractivity contribution in [1.82, 2.24) is 4.90 Å². The van der Waals surface area contributed by atoms with Gasteiger partial charge in [-0.25, -0.2) is 9.69 Å². The van der Waals surface area contributed by atoms with Crippen molar-refractivity contribution < 1.29 is 28.8 Å². The van der Waals surface area contributed by atoms with E-state index in [4.69, 9.17) is 4.74 Å². The zero-order valence-corrected chi connectivity index (χ0v) is 19.3. The van der Waals surface area contributed by atoms with Crippen LogP contribution in [0.5, 0.6) is 0 Å². The zero-order valence-electron chi connectivity index (χ0n) is 19.3. The average molecular weight is 498 g/mol. The number of ketones is 1. The second-order valence-corrected chi connectivity index (χ2v) is 8.68. The first-order valence-corrected chi connectivity index (χ1v) is 11.2. The maximum Gasteiger partial charge on any atom is 0.339 e.